The smallest absolute Gasteiger partial charge is 0.223 e. The van der Waals surface area contributed by atoms with E-state index in [1.54, 1.807) is 0 Å². The minimum absolute atomic E-state index is 0.0202. The van der Waals surface area contributed by atoms with Crippen LogP contribution in [0.3, 0.4) is 0 Å². The number of nitrogens with one attached hydrogen (secondary N) is 1. The van der Waals surface area contributed by atoms with E-state index in [1.165, 1.54) is 5.56 Å². The Morgan fingerprint density at radius 3 is 2.47 bits per heavy atom. The third-order valence-corrected chi connectivity index (χ3v) is 2.52. The summed E-state index contributed by atoms with van der Waals surface area (Å²) in [6, 6.07) is 7.87. The molecule has 4 nitrogen and oxygen atoms in total. The van der Waals surface area contributed by atoms with E-state index in [4.69, 9.17) is 4.74 Å². The van der Waals surface area contributed by atoms with E-state index in [1.807, 2.05) is 38.1 Å². The Bertz CT molecular complexity index is 513. The van der Waals surface area contributed by atoms with Gasteiger partial charge in [0.2, 0.25) is 5.95 Å². The van der Waals surface area contributed by atoms with Crippen LogP contribution in [0.5, 0.6) is 5.75 Å². The molecule has 1 aromatic heterocycles. The van der Waals surface area contributed by atoms with Gasteiger partial charge in [-0.3, -0.25) is 0 Å². The molecule has 100 valence electrons. The van der Waals surface area contributed by atoms with Gasteiger partial charge < -0.3 is 10.1 Å². The van der Waals surface area contributed by atoms with Gasteiger partial charge in [-0.25, -0.2) is 14.4 Å². The molecular formula is C14H16FN3O. The topological polar surface area (TPSA) is 47.0 Å². The average molecular weight is 261 g/mol. The lowest BCUT2D eigenvalue weighted by molar-refractivity contribution is 0.303. The number of anilines is 1. The molecular weight excluding hydrogens is 245 g/mol. The summed E-state index contributed by atoms with van der Waals surface area (Å²) in [4.78, 5) is 7.66. The number of halogens is 1. The van der Waals surface area contributed by atoms with Crippen LogP contribution in [0, 0.1) is 12.7 Å². The second-order valence-corrected chi connectivity index (χ2v) is 4.39. The summed E-state index contributed by atoms with van der Waals surface area (Å²) in [7, 11) is 0. The Hall–Kier alpha value is -2.17. The molecule has 0 aliphatic heterocycles. The van der Waals surface area contributed by atoms with Crippen molar-refractivity contribution < 1.29 is 9.13 Å². The number of benzene rings is 1. The first kappa shape index (κ1) is 13.3. The molecule has 1 aromatic carbocycles. The maximum Gasteiger partial charge on any atom is 0.223 e. The van der Waals surface area contributed by atoms with Gasteiger partial charge in [-0.15, -0.1) is 0 Å². The van der Waals surface area contributed by atoms with Crippen molar-refractivity contribution in [3.63, 3.8) is 0 Å². The molecule has 1 N–H and O–H groups in total. The van der Waals surface area contributed by atoms with Crippen molar-refractivity contribution in [3.05, 3.63) is 48.0 Å². The lowest BCUT2D eigenvalue weighted by Crippen LogP contribution is -2.24. The molecule has 0 bridgehead atoms. The van der Waals surface area contributed by atoms with Crippen molar-refractivity contribution in [2.75, 3.05) is 11.9 Å². The van der Waals surface area contributed by atoms with Crippen LogP contribution >= 0.6 is 0 Å². The molecule has 0 spiro atoms. The van der Waals surface area contributed by atoms with Gasteiger partial charge >= 0.3 is 0 Å². The highest BCUT2D eigenvalue weighted by Crippen LogP contribution is 2.12. The molecule has 19 heavy (non-hydrogen) atoms. The molecule has 0 radical (unpaired) electrons. The molecule has 0 fully saturated rings. The number of hydrogen-bond donors (Lipinski definition) is 1. The molecule has 0 saturated carbocycles. The van der Waals surface area contributed by atoms with Crippen molar-refractivity contribution in [2.45, 2.75) is 19.9 Å². The van der Waals surface area contributed by atoms with E-state index >= 15 is 0 Å². The number of aromatic nitrogens is 2. The zero-order chi connectivity index (χ0) is 13.7. The van der Waals surface area contributed by atoms with Crippen molar-refractivity contribution in [1.82, 2.24) is 9.97 Å². The van der Waals surface area contributed by atoms with Gasteiger partial charge in [-0.05, 0) is 26.0 Å². The number of rotatable bonds is 5. The first-order chi connectivity index (χ1) is 9.13. The van der Waals surface area contributed by atoms with Crippen LogP contribution in [0.15, 0.2) is 36.7 Å². The van der Waals surface area contributed by atoms with Gasteiger partial charge in [-0.1, -0.05) is 17.7 Å². The first-order valence-corrected chi connectivity index (χ1v) is 6.07. The van der Waals surface area contributed by atoms with Gasteiger partial charge in [0, 0.05) is 0 Å². The zero-order valence-corrected chi connectivity index (χ0v) is 10.9. The fourth-order valence-electron chi connectivity index (χ4n) is 1.50. The van der Waals surface area contributed by atoms with Crippen LogP contribution in [-0.2, 0) is 0 Å². The molecule has 2 aromatic rings. The van der Waals surface area contributed by atoms with Gasteiger partial charge in [0.1, 0.15) is 12.4 Å². The van der Waals surface area contributed by atoms with E-state index in [9.17, 15) is 4.39 Å². The summed E-state index contributed by atoms with van der Waals surface area (Å²) in [5.74, 6) is 0.759. The van der Waals surface area contributed by atoms with Crippen LogP contribution in [0.2, 0.25) is 0 Å². The maximum atomic E-state index is 12.6. The summed E-state index contributed by atoms with van der Waals surface area (Å²) in [6.45, 7) is 4.45. The molecule has 0 amide bonds. The van der Waals surface area contributed by atoms with Crippen LogP contribution in [0.25, 0.3) is 0 Å². The highest BCUT2D eigenvalue weighted by atomic mass is 19.1. The normalized spacial score (nSPS) is 11.9. The molecule has 1 heterocycles. The molecule has 1 atom stereocenters. The Labute approximate surface area is 111 Å². The third kappa shape index (κ3) is 4.21. The zero-order valence-electron chi connectivity index (χ0n) is 10.9. The number of ether oxygens (including phenoxy) is 1. The van der Waals surface area contributed by atoms with Gasteiger partial charge in [0.15, 0.2) is 5.82 Å². The third-order valence-electron chi connectivity index (χ3n) is 2.52. The van der Waals surface area contributed by atoms with Gasteiger partial charge in [-0.2, -0.15) is 0 Å². The SMILES string of the molecule is Cc1ccc(OCC(C)Nc2ncc(F)cn2)cc1. The Morgan fingerprint density at radius 1 is 1.21 bits per heavy atom. The number of hydrogen-bond acceptors (Lipinski definition) is 4. The Kier molecular flexibility index (Phi) is 4.28. The van der Waals surface area contributed by atoms with Crippen molar-refractivity contribution in [2.24, 2.45) is 0 Å². The predicted molar refractivity (Wildman–Crippen MR) is 71.7 cm³/mol. The van der Waals surface area contributed by atoms with Gasteiger partial charge in [0.05, 0.1) is 18.4 Å². The molecule has 0 aliphatic rings. The fraction of sp³-hybridized carbons (Fsp3) is 0.286. The minimum Gasteiger partial charge on any atom is -0.491 e. The largest absolute Gasteiger partial charge is 0.491 e. The average Bonchev–Trinajstić information content (AvgIpc) is 2.41. The highest BCUT2D eigenvalue weighted by Gasteiger charge is 2.05. The fourth-order valence-corrected chi connectivity index (χ4v) is 1.50. The van der Waals surface area contributed by atoms with Crippen molar-refractivity contribution in [1.29, 1.82) is 0 Å². The second-order valence-electron chi connectivity index (χ2n) is 4.39. The van der Waals surface area contributed by atoms with Crippen molar-refractivity contribution >= 4 is 5.95 Å². The van der Waals surface area contributed by atoms with E-state index < -0.39 is 5.82 Å². The molecule has 0 aliphatic carbocycles. The van der Waals surface area contributed by atoms with Crippen LogP contribution in [0.4, 0.5) is 10.3 Å². The van der Waals surface area contributed by atoms with E-state index in [-0.39, 0.29) is 6.04 Å². The van der Waals surface area contributed by atoms with E-state index in [2.05, 4.69) is 15.3 Å². The molecule has 1 unspecified atom stereocenters. The summed E-state index contributed by atoms with van der Waals surface area (Å²) in [5.41, 5.74) is 1.19. The summed E-state index contributed by atoms with van der Waals surface area (Å²) in [6.07, 6.45) is 2.26. The van der Waals surface area contributed by atoms with Crippen LogP contribution in [-0.4, -0.2) is 22.6 Å². The van der Waals surface area contributed by atoms with Crippen LogP contribution in [0.1, 0.15) is 12.5 Å². The minimum atomic E-state index is -0.450. The standard InChI is InChI=1S/C14H16FN3O/c1-10-3-5-13(6-4-10)19-9-11(2)18-14-16-7-12(15)8-17-14/h3-8,11H,9H2,1-2H3,(H,16,17,18). The second kappa shape index (κ2) is 6.13. The van der Waals surface area contributed by atoms with E-state index in [0.29, 0.717) is 12.6 Å². The molecule has 0 saturated heterocycles. The first-order valence-electron chi connectivity index (χ1n) is 6.07. The number of aryl methyl sites for hydroxylation is 1. The monoisotopic (exact) mass is 261 g/mol. The predicted octanol–water partition coefficient (Wildman–Crippen LogP) is 2.80. The lowest BCUT2D eigenvalue weighted by atomic mass is 10.2. The quantitative estimate of drug-likeness (QED) is 0.899. The Balaban J connectivity index is 1.82. The summed E-state index contributed by atoms with van der Waals surface area (Å²) < 4.78 is 18.3. The molecule has 5 heteroatoms. The van der Waals surface area contributed by atoms with E-state index in [0.717, 1.165) is 18.1 Å². The van der Waals surface area contributed by atoms with Crippen molar-refractivity contribution in [3.8, 4) is 5.75 Å². The summed E-state index contributed by atoms with van der Waals surface area (Å²) in [5, 5.41) is 3.04. The summed E-state index contributed by atoms with van der Waals surface area (Å²) >= 11 is 0. The molecule has 2 rings (SSSR count). The Morgan fingerprint density at radius 2 is 1.84 bits per heavy atom. The van der Waals surface area contributed by atoms with Crippen LogP contribution < -0.4 is 10.1 Å². The highest BCUT2D eigenvalue weighted by molar-refractivity contribution is 5.27. The van der Waals surface area contributed by atoms with Gasteiger partial charge in [0.25, 0.3) is 0 Å². The number of nitrogens with zero attached hydrogens (tertiary/aromatic N) is 2. The lowest BCUT2D eigenvalue weighted by Gasteiger charge is -2.14. The maximum absolute atomic E-state index is 12.6.